The Kier molecular flexibility index (Phi) is 4.48. The molecule has 24 heavy (non-hydrogen) atoms. The molecule has 122 valence electrons. The van der Waals surface area contributed by atoms with Crippen molar-refractivity contribution in [3.05, 3.63) is 59.5 Å². The van der Waals surface area contributed by atoms with Gasteiger partial charge in [-0.05, 0) is 25.1 Å². The number of hydrogen-bond donors (Lipinski definition) is 2. The van der Waals surface area contributed by atoms with Crippen molar-refractivity contribution in [3.63, 3.8) is 0 Å². The van der Waals surface area contributed by atoms with E-state index in [4.69, 9.17) is 16.3 Å². The number of rotatable bonds is 4. The summed E-state index contributed by atoms with van der Waals surface area (Å²) in [6.07, 6.45) is 2.09. The average molecular weight is 344 g/mol. The van der Waals surface area contributed by atoms with Crippen molar-refractivity contribution < 1.29 is 14.3 Å². The minimum Gasteiger partial charge on any atom is -0.449 e. The number of para-hydroxylation sites is 1. The number of halogens is 1. The lowest BCUT2D eigenvalue weighted by molar-refractivity contribution is -0.123. The maximum atomic E-state index is 12.3. The Morgan fingerprint density at radius 2 is 2.04 bits per heavy atom. The first-order valence-corrected chi connectivity index (χ1v) is 7.62. The van der Waals surface area contributed by atoms with Crippen molar-refractivity contribution >= 4 is 40.1 Å². The van der Waals surface area contributed by atoms with E-state index >= 15 is 0 Å². The molecule has 0 aliphatic rings. The van der Waals surface area contributed by atoms with Crippen molar-refractivity contribution in [1.29, 1.82) is 0 Å². The lowest BCUT2D eigenvalue weighted by Crippen LogP contribution is -2.30. The molecule has 7 heteroatoms. The molecule has 0 saturated heterocycles. The Hall–Kier alpha value is -2.86. The van der Waals surface area contributed by atoms with Crippen LogP contribution in [0, 0.1) is 0 Å². The number of H-pyrrole nitrogens is 1. The number of aromatic amines is 1. The molecular formula is C17H14ClN3O3. The number of benzene rings is 1. The molecule has 1 unspecified atom stereocenters. The number of nitrogens with one attached hydrogen (secondary N) is 2. The predicted octanol–water partition coefficient (Wildman–Crippen LogP) is 3.40. The molecule has 0 saturated carbocycles. The molecular weight excluding hydrogens is 330 g/mol. The smallest absolute Gasteiger partial charge is 0.341 e. The Labute approximate surface area is 142 Å². The summed E-state index contributed by atoms with van der Waals surface area (Å²) < 4.78 is 5.24. The number of aromatic nitrogens is 2. The van der Waals surface area contributed by atoms with Gasteiger partial charge >= 0.3 is 5.97 Å². The zero-order chi connectivity index (χ0) is 17.1. The van der Waals surface area contributed by atoms with Crippen LogP contribution in [0.1, 0.15) is 17.3 Å². The summed E-state index contributed by atoms with van der Waals surface area (Å²) in [6, 6.07) is 10.6. The van der Waals surface area contributed by atoms with Gasteiger partial charge in [0.25, 0.3) is 5.91 Å². The molecule has 0 aliphatic carbocycles. The van der Waals surface area contributed by atoms with E-state index in [-0.39, 0.29) is 5.15 Å². The van der Waals surface area contributed by atoms with Crippen LogP contribution in [0.4, 0.5) is 5.69 Å². The van der Waals surface area contributed by atoms with Crippen molar-refractivity contribution in [3.8, 4) is 0 Å². The third-order valence-corrected chi connectivity index (χ3v) is 3.78. The van der Waals surface area contributed by atoms with Gasteiger partial charge in [0.05, 0.1) is 11.3 Å². The van der Waals surface area contributed by atoms with Crippen LogP contribution in [-0.4, -0.2) is 27.9 Å². The third-order valence-electron chi connectivity index (χ3n) is 3.48. The number of nitrogens with zero attached hydrogens (tertiary/aromatic N) is 1. The maximum absolute atomic E-state index is 12.3. The fraction of sp³-hybridized carbons (Fsp3) is 0.118. The second-order valence-corrected chi connectivity index (χ2v) is 5.48. The van der Waals surface area contributed by atoms with E-state index in [1.165, 1.54) is 13.1 Å². The second kappa shape index (κ2) is 6.72. The molecule has 1 atom stereocenters. The van der Waals surface area contributed by atoms with Crippen molar-refractivity contribution in [1.82, 2.24) is 9.97 Å². The van der Waals surface area contributed by atoms with E-state index in [9.17, 15) is 9.59 Å². The molecule has 0 bridgehead atoms. The molecule has 1 aromatic carbocycles. The minimum absolute atomic E-state index is 0.168. The number of amides is 1. The summed E-state index contributed by atoms with van der Waals surface area (Å²) in [5, 5.41) is 3.49. The van der Waals surface area contributed by atoms with Gasteiger partial charge in [0.2, 0.25) is 0 Å². The number of pyridine rings is 1. The Morgan fingerprint density at radius 3 is 2.83 bits per heavy atom. The van der Waals surface area contributed by atoms with Crippen LogP contribution in [0.2, 0.25) is 5.15 Å². The normalized spacial score (nSPS) is 11.9. The first-order chi connectivity index (χ1) is 11.6. The number of ether oxygens (including phenoxy) is 1. The third kappa shape index (κ3) is 3.23. The van der Waals surface area contributed by atoms with Crippen LogP contribution >= 0.6 is 11.6 Å². The van der Waals surface area contributed by atoms with E-state index in [1.807, 2.05) is 24.3 Å². The molecule has 2 heterocycles. The molecule has 3 rings (SSSR count). The SMILES string of the molecule is CC(OC(=O)c1c[nH]c2ccccc12)C(=O)Nc1cccnc1Cl. The van der Waals surface area contributed by atoms with E-state index in [1.54, 1.807) is 18.3 Å². The summed E-state index contributed by atoms with van der Waals surface area (Å²) in [5.74, 6) is -1.06. The zero-order valence-corrected chi connectivity index (χ0v) is 13.5. The van der Waals surface area contributed by atoms with Crippen LogP contribution in [-0.2, 0) is 9.53 Å². The number of carbonyl (C=O) groups excluding carboxylic acids is 2. The average Bonchev–Trinajstić information content (AvgIpc) is 3.01. The van der Waals surface area contributed by atoms with Crippen molar-refractivity contribution in [2.24, 2.45) is 0 Å². The van der Waals surface area contributed by atoms with Crippen LogP contribution < -0.4 is 5.32 Å². The summed E-state index contributed by atoms with van der Waals surface area (Å²) in [6.45, 7) is 1.49. The Balaban J connectivity index is 1.70. The van der Waals surface area contributed by atoms with Gasteiger partial charge in [0.1, 0.15) is 0 Å². The summed E-state index contributed by atoms with van der Waals surface area (Å²) >= 11 is 5.89. The van der Waals surface area contributed by atoms with Gasteiger partial charge in [-0.1, -0.05) is 29.8 Å². The van der Waals surface area contributed by atoms with Gasteiger partial charge < -0.3 is 15.0 Å². The van der Waals surface area contributed by atoms with E-state index in [2.05, 4.69) is 15.3 Å². The monoisotopic (exact) mass is 343 g/mol. The Bertz CT molecular complexity index is 907. The van der Waals surface area contributed by atoms with E-state index in [0.29, 0.717) is 11.3 Å². The first-order valence-electron chi connectivity index (χ1n) is 7.24. The number of anilines is 1. The quantitative estimate of drug-likeness (QED) is 0.561. The van der Waals surface area contributed by atoms with Gasteiger partial charge in [-0.25, -0.2) is 9.78 Å². The standard InChI is InChI=1S/C17H14ClN3O3/c1-10(16(22)21-14-7-4-8-19-15(14)18)24-17(23)12-9-20-13-6-3-2-5-11(12)13/h2-10,20H,1H3,(H,21,22). The number of esters is 1. The molecule has 3 aromatic rings. The van der Waals surface area contributed by atoms with Gasteiger partial charge in [-0.15, -0.1) is 0 Å². The number of hydrogen-bond acceptors (Lipinski definition) is 4. The number of fused-ring (bicyclic) bond motifs is 1. The molecule has 0 radical (unpaired) electrons. The zero-order valence-electron chi connectivity index (χ0n) is 12.7. The fourth-order valence-corrected chi connectivity index (χ4v) is 2.40. The van der Waals surface area contributed by atoms with Crippen LogP contribution in [0.15, 0.2) is 48.8 Å². The lowest BCUT2D eigenvalue weighted by atomic mass is 10.2. The first kappa shape index (κ1) is 16.0. The highest BCUT2D eigenvalue weighted by atomic mass is 35.5. The van der Waals surface area contributed by atoms with E-state index < -0.39 is 18.0 Å². The molecule has 0 fully saturated rings. The maximum Gasteiger partial charge on any atom is 0.341 e. The predicted molar refractivity (Wildman–Crippen MR) is 91.1 cm³/mol. The van der Waals surface area contributed by atoms with E-state index in [0.717, 1.165) is 10.9 Å². The lowest BCUT2D eigenvalue weighted by Gasteiger charge is -2.13. The van der Waals surface area contributed by atoms with Gasteiger partial charge in [0, 0.05) is 23.3 Å². The molecule has 0 spiro atoms. The van der Waals surface area contributed by atoms with Gasteiger partial charge in [-0.2, -0.15) is 0 Å². The minimum atomic E-state index is -0.984. The summed E-state index contributed by atoms with van der Waals surface area (Å²) in [5.41, 5.74) is 1.56. The van der Waals surface area contributed by atoms with Crippen molar-refractivity contribution in [2.75, 3.05) is 5.32 Å². The molecule has 0 aliphatic heterocycles. The van der Waals surface area contributed by atoms with Crippen LogP contribution in [0.3, 0.4) is 0 Å². The molecule has 6 nitrogen and oxygen atoms in total. The van der Waals surface area contributed by atoms with Crippen LogP contribution in [0.5, 0.6) is 0 Å². The van der Waals surface area contributed by atoms with Gasteiger partial charge in [0.15, 0.2) is 11.3 Å². The molecule has 2 aromatic heterocycles. The Morgan fingerprint density at radius 1 is 1.25 bits per heavy atom. The highest BCUT2D eigenvalue weighted by molar-refractivity contribution is 6.32. The van der Waals surface area contributed by atoms with Crippen LogP contribution in [0.25, 0.3) is 10.9 Å². The summed E-state index contributed by atoms with van der Waals surface area (Å²) in [7, 11) is 0. The van der Waals surface area contributed by atoms with Crippen molar-refractivity contribution in [2.45, 2.75) is 13.0 Å². The largest absolute Gasteiger partial charge is 0.449 e. The highest BCUT2D eigenvalue weighted by Gasteiger charge is 2.21. The van der Waals surface area contributed by atoms with Gasteiger partial charge in [-0.3, -0.25) is 4.79 Å². The number of carbonyl (C=O) groups is 2. The second-order valence-electron chi connectivity index (χ2n) is 5.13. The topological polar surface area (TPSA) is 84.1 Å². The highest BCUT2D eigenvalue weighted by Crippen LogP contribution is 2.20. The molecule has 1 amide bonds. The summed E-state index contributed by atoms with van der Waals surface area (Å²) in [4.78, 5) is 31.3. The fourth-order valence-electron chi connectivity index (χ4n) is 2.23. The molecule has 2 N–H and O–H groups in total.